The molecular weight excluding hydrogens is 284 g/mol. The number of rotatable bonds is 1. The van der Waals surface area contributed by atoms with E-state index >= 15 is 0 Å². The SMILES string of the molecule is CC(=O)c1sc2ccc(Cl)cc2c1Br. The van der Waals surface area contributed by atoms with Gasteiger partial charge >= 0.3 is 0 Å². The summed E-state index contributed by atoms with van der Waals surface area (Å²) in [6.07, 6.45) is 0. The van der Waals surface area contributed by atoms with Crippen LogP contribution in [0.25, 0.3) is 10.1 Å². The van der Waals surface area contributed by atoms with Crippen LogP contribution in [0.3, 0.4) is 0 Å². The van der Waals surface area contributed by atoms with Crippen LogP contribution in [0, 0.1) is 0 Å². The molecule has 4 heteroatoms. The van der Waals surface area contributed by atoms with Crippen LogP contribution in [0.4, 0.5) is 0 Å². The van der Waals surface area contributed by atoms with Crippen molar-refractivity contribution in [1.29, 1.82) is 0 Å². The predicted octanol–water partition coefficient (Wildman–Crippen LogP) is 4.52. The molecule has 0 unspecified atom stereocenters. The number of hydrogen-bond donors (Lipinski definition) is 0. The third kappa shape index (κ3) is 1.60. The Hall–Kier alpha value is -0.380. The number of fused-ring (bicyclic) bond motifs is 1. The summed E-state index contributed by atoms with van der Waals surface area (Å²) in [5, 5.41) is 1.69. The van der Waals surface area contributed by atoms with Crippen LogP contribution in [-0.2, 0) is 0 Å². The van der Waals surface area contributed by atoms with Gasteiger partial charge in [0.05, 0.1) is 4.88 Å². The number of carbonyl (C=O) groups is 1. The maximum atomic E-state index is 11.3. The van der Waals surface area contributed by atoms with Gasteiger partial charge in [-0.05, 0) is 41.1 Å². The summed E-state index contributed by atoms with van der Waals surface area (Å²) >= 11 is 10.8. The van der Waals surface area contributed by atoms with Gasteiger partial charge in [0.25, 0.3) is 0 Å². The van der Waals surface area contributed by atoms with Crippen molar-refractivity contribution in [2.45, 2.75) is 6.92 Å². The van der Waals surface area contributed by atoms with E-state index in [4.69, 9.17) is 11.6 Å². The number of thiophene rings is 1. The molecule has 0 N–H and O–H groups in total. The Balaban J connectivity index is 2.80. The monoisotopic (exact) mass is 288 g/mol. The first-order chi connectivity index (χ1) is 6.59. The fraction of sp³-hybridized carbons (Fsp3) is 0.100. The Labute approximate surface area is 98.8 Å². The summed E-state index contributed by atoms with van der Waals surface area (Å²) in [6.45, 7) is 1.57. The lowest BCUT2D eigenvalue weighted by Crippen LogP contribution is -1.86. The average Bonchev–Trinajstić information content (AvgIpc) is 2.44. The molecule has 0 saturated heterocycles. The van der Waals surface area contributed by atoms with Gasteiger partial charge in [-0.2, -0.15) is 0 Å². The van der Waals surface area contributed by atoms with Crippen molar-refractivity contribution in [2.75, 3.05) is 0 Å². The van der Waals surface area contributed by atoms with E-state index in [1.165, 1.54) is 11.3 Å². The standard InChI is InChI=1S/C10H6BrClOS/c1-5(13)10-9(11)7-4-6(12)2-3-8(7)14-10/h2-4H,1H3. The lowest BCUT2D eigenvalue weighted by Gasteiger charge is -1.91. The number of ketones is 1. The maximum Gasteiger partial charge on any atom is 0.170 e. The number of benzene rings is 1. The number of Topliss-reactive ketones (excluding diaryl/α,β-unsaturated/α-hetero) is 1. The van der Waals surface area contributed by atoms with Crippen molar-refractivity contribution in [2.24, 2.45) is 0 Å². The van der Waals surface area contributed by atoms with Crippen LogP contribution in [-0.4, -0.2) is 5.78 Å². The molecule has 1 nitrogen and oxygen atoms in total. The van der Waals surface area contributed by atoms with E-state index in [1.807, 2.05) is 18.2 Å². The van der Waals surface area contributed by atoms with E-state index in [0.717, 1.165) is 19.4 Å². The van der Waals surface area contributed by atoms with Gasteiger partial charge in [-0.3, -0.25) is 4.79 Å². The molecule has 1 aromatic heterocycles. The number of hydrogen-bond acceptors (Lipinski definition) is 2. The maximum absolute atomic E-state index is 11.3. The Morgan fingerprint density at radius 3 is 2.86 bits per heavy atom. The summed E-state index contributed by atoms with van der Waals surface area (Å²) in [7, 11) is 0. The van der Waals surface area contributed by atoms with Crippen molar-refractivity contribution < 1.29 is 4.79 Å². The number of halogens is 2. The summed E-state index contributed by atoms with van der Waals surface area (Å²) in [5.74, 6) is 0.0780. The van der Waals surface area contributed by atoms with Crippen molar-refractivity contribution in [3.8, 4) is 0 Å². The molecule has 0 bridgehead atoms. The topological polar surface area (TPSA) is 17.1 Å². The molecule has 0 spiro atoms. The average molecular weight is 290 g/mol. The fourth-order valence-electron chi connectivity index (χ4n) is 1.27. The smallest absolute Gasteiger partial charge is 0.170 e. The molecule has 72 valence electrons. The van der Waals surface area contributed by atoms with E-state index < -0.39 is 0 Å². The van der Waals surface area contributed by atoms with Crippen molar-refractivity contribution >= 4 is 54.7 Å². The van der Waals surface area contributed by atoms with E-state index in [1.54, 1.807) is 6.92 Å². The summed E-state index contributed by atoms with van der Waals surface area (Å²) in [6, 6.07) is 5.63. The molecule has 0 aliphatic carbocycles. The van der Waals surface area contributed by atoms with Crippen LogP contribution in [0.2, 0.25) is 5.02 Å². The first-order valence-corrected chi connectivity index (χ1v) is 5.97. The van der Waals surface area contributed by atoms with Crippen molar-refractivity contribution in [3.05, 3.63) is 32.6 Å². The Kier molecular flexibility index (Phi) is 2.64. The Bertz CT molecular complexity index is 518. The van der Waals surface area contributed by atoms with Crippen LogP contribution in [0.5, 0.6) is 0 Å². The normalized spacial score (nSPS) is 10.8. The van der Waals surface area contributed by atoms with Gasteiger partial charge in [0.15, 0.2) is 5.78 Å². The first-order valence-electron chi connectivity index (χ1n) is 3.98. The molecule has 0 atom stereocenters. The minimum absolute atomic E-state index is 0.0780. The zero-order valence-corrected chi connectivity index (χ0v) is 10.5. The highest BCUT2D eigenvalue weighted by molar-refractivity contribution is 9.10. The minimum Gasteiger partial charge on any atom is -0.294 e. The highest BCUT2D eigenvalue weighted by atomic mass is 79.9. The van der Waals surface area contributed by atoms with E-state index in [0.29, 0.717) is 5.02 Å². The van der Waals surface area contributed by atoms with Gasteiger partial charge in [0.1, 0.15) is 0 Å². The van der Waals surface area contributed by atoms with Crippen LogP contribution >= 0.6 is 38.9 Å². The molecule has 2 aromatic rings. The quantitative estimate of drug-likeness (QED) is 0.705. The second kappa shape index (κ2) is 3.65. The van der Waals surface area contributed by atoms with Crippen LogP contribution < -0.4 is 0 Å². The van der Waals surface area contributed by atoms with E-state index in [2.05, 4.69) is 15.9 Å². The fourth-order valence-corrected chi connectivity index (χ4v) is 3.39. The number of carbonyl (C=O) groups excluding carboxylic acids is 1. The molecule has 2 rings (SSSR count). The van der Waals surface area contributed by atoms with Crippen LogP contribution in [0.15, 0.2) is 22.7 Å². The molecule has 0 aliphatic heterocycles. The zero-order valence-electron chi connectivity index (χ0n) is 7.30. The zero-order chi connectivity index (χ0) is 10.3. The molecule has 1 aromatic carbocycles. The van der Waals surface area contributed by atoms with Gasteiger partial charge in [-0.15, -0.1) is 11.3 Å². The molecular formula is C10H6BrClOS. The molecule has 0 radical (unpaired) electrons. The second-order valence-corrected chi connectivity index (χ2v) is 5.22. The second-order valence-electron chi connectivity index (χ2n) is 2.94. The third-order valence-corrected chi connectivity index (χ3v) is 4.50. The summed E-state index contributed by atoms with van der Waals surface area (Å²) in [4.78, 5) is 12.0. The predicted molar refractivity (Wildman–Crippen MR) is 64.5 cm³/mol. The van der Waals surface area contributed by atoms with Crippen molar-refractivity contribution in [1.82, 2.24) is 0 Å². The van der Waals surface area contributed by atoms with E-state index in [9.17, 15) is 4.79 Å². The lowest BCUT2D eigenvalue weighted by molar-refractivity contribution is 0.102. The molecule has 0 fully saturated rings. The molecule has 0 aliphatic rings. The first kappa shape index (κ1) is 10.1. The van der Waals surface area contributed by atoms with Gasteiger partial charge in [-0.25, -0.2) is 0 Å². The Morgan fingerprint density at radius 2 is 2.21 bits per heavy atom. The Morgan fingerprint density at radius 1 is 1.50 bits per heavy atom. The molecule has 14 heavy (non-hydrogen) atoms. The summed E-state index contributed by atoms with van der Waals surface area (Å²) < 4.78 is 1.93. The largest absolute Gasteiger partial charge is 0.294 e. The minimum atomic E-state index is 0.0780. The van der Waals surface area contributed by atoms with Gasteiger partial charge in [0, 0.05) is 19.6 Å². The lowest BCUT2D eigenvalue weighted by atomic mass is 10.2. The van der Waals surface area contributed by atoms with Gasteiger partial charge in [-0.1, -0.05) is 11.6 Å². The van der Waals surface area contributed by atoms with Gasteiger partial charge < -0.3 is 0 Å². The van der Waals surface area contributed by atoms with E-state index in [-0.39, 0.29) is 5.78 Å². The van der Waals surface area contributed by atoms with Crippen LogP contribution in [0.1, 0.15) is 16.6 Å². The highest BCUT2D eigenvalue weighted by Gasteiger charge is 2.13. The third-order valence-electron chi connectivity index (χ3n) is 1.91. The molecule has 0 amide bonds. The summed E-state index contributed by atoms with van der Waals surface area (Å²) in [5.41, 5.74) is 0. The molecule has 0 saturated carbocycles. The van der Waals surface area contributed by atoms with Gasteiger partial charge in [0.2, 0.25) is 0 Å². The highest BCUT2D eigenvalue weighted by Crippen LogP contribution is 2.37. The molecule has 1 heterocycles. The van der Waals surface area contributed by atoms with Crippen molar-refractivity contribution in [3.63, 3.8) is 0 Å².